The Hall–Kier alpha value is -0.770. The summed E-state index contributed by atoms with van der Waals surface area (Å²) in [5.41, 5.74) is 7.85. The predicted molar refractivity (Wildman–Crippen MR) is 66.1 cm³/mol. The van der Waals surface area contributed by atoms with Crippen LogP contribution in [-0.2, 0) is 17.8 Å². The summed E-state index contributed by atoms with van der Waals surface area (Å²) in [4.78, 5) is 0. The number of nitrogens with two attached hydrogens (primary N) is 1. The van der Waals surface area contributed by atoms with Crippen molar-refractivity contribution in [2.24, 2.45) is 5.73 Å². The van der Waals surface area contributed by atoms with E-state index in [9.17, 15) is 0 Å². The van der Waals surface area contributed by atoms with Crippen LogP contribution in [0.25, 0.3) is 0 Å². The van der Waals surface area contributed by atoms with Crippen LogP contribution in [0.15, 0.2) is 12.1 Å². The Morgan fingerprint density at radius 2 is 2.06 bits per heavy atom. The third kappa shape index (κ3) is 3.37. The summed E-state index contributed by atoms with van der Waals surface area (Å²) in [6.45, 7) is 2.49. The highest BCUT2D eigenvalue weighted by molar-refractivity contribution is 6.32. The molecule has 1 atom stereocenters. The lowest BCUT2D eigenvalue weighted by atomic mass is 10.0. The first-order valence-corrected chi connectivity index (χ1v) is 5.56. The van der Waals surface area contributed by atoms with Gasteiger partial charge in [-0.3, -0.25) is 0 Å². The first-order chi connectivity index (χ1) is 7.58. The Kier molecular flexibility index (Phi) is 5.06. The summed E-state index contributed by atoms with van der Waals surface area (Å²) < 4.78 is 10.4. The van der Waals surface area contributed by atoms with Crippen LogP contribution in [0, 0.1) is 0 Å². The second-order valence-electron chi connectivity index (χ2n) is 3.88. The molecule has 16 heavy (non-hydrogen) atoms. The van der Waals surface area contributed by atoms with Crippen molar-refractivity contribution in [2.75, 3.05) is 14.2 Å². The fourth-order valence-corrected chi connectivity index (χ4v) is 2.03. The standard InChI is InChI=1S/C12H18ClNO2/c1-8(14)4-10-5-9(7-15-2)6-11(13)12(10)16-3/h5-6,8H,4,7,14H2,1-3H3. The summed E-state index contributed by atoms with van der Waals surface area (Å²) in [5, 5.41) is 0.604. The number of rotatable bonds is 5. The van der Waals surface area contributed by atoms with E-state index in [4.69, 9.17) is 26.8 Å². The lowest BCUT2D eigenvalue weighted by Gasteiger charge is -2.14. The van der Waals surface area contributed by atoms with Gasteiger partial charge in [-0.25, -0.2) is 0 Å². The van der Waals surface area contributed by atoms with Gasteiger partial charge >= 0.3 is 0 Å². The minimum Gasteiger partial charge on any atom is -0.495 e. The van der Waals surface area contributed by atoms with E-state index in [2.05, 4.69) is 0 Å². The summed E-state index contributed by atoms with van der Waals surface area (Å²) in [7, 11) is 3.27. The van der Waals surface area contributed by atoms with Crippen molar-refractivity contribution in [3.05, 3.63) is 28.3 Å². The second kappa shape index (κ2) is 6.09. The molecule has 0 saturated heterocycles. The molecule has 0 aliphatic carbocycles. The van der Waals surface area contributed by atoms with Gasteiger partial charge in [-0.15, -0.1) is 0 Å². The molecule has 1 rings (SSSR count). The molecule has 0 saturated carbocycles. The van der Waals surface area contributed by atoms with Crippen molar-refractivity contribution in [3.8, 4) is 5.75 Å². The van der Waals surface area contributed by atoms with Gasteiger partial charge in [0.25, 0.3) is 0 Å². The maximum absolute atomic E-state index is 6.13. The fraction of sp³-hybridized carbons (Fsp3) is 0.500. The SMILES string of the molecule is COCc1cc(Cl)c(OC)c(CC(C)N)c1. The Morgan fingerprint density at radius 1 is 1.38 bits per heavy atom. The molecule has 0 heterocycles. The first-order valence-electron chi connectivity index (χ1n) is 5.18. The van der Waals surface area contributed by atoms with Crippen LogP contribution >= 0.6 is 11.6 Å². The van der Waals surface area contributed by atoms with Crippen LogP contribution < -0.4 is 10.5 Å². The molecule has 0 amide bonds. The zero-order chi connectivity index (χ0) is 12.1. The van der Waals surface area contributed by atoms with Crippen molar-refractivity contribution in [3.63, 3.8) is 0 Å². The van der Waals surface area contributed by atoms with Crippen molar-refractivity contribution < 1.29 is 9.47 Å². The normalized spacial score (nSPS) is 12.6. The third-order valence-corrected chi connectivity index (χ3v) is 2.52. The molecule has 0 aliphatic rings. The predicted octanol–water partition coefficient (Wildman–Crippen LogP) is 2.38. The van der Waals surface area contributed by atoms with Gasteiger partial charge in [0.1, 0.15) is 5.75 Å². The van der Waals surface area contributed by atoms with E-state index in [1.165, 1.54) is 0 Å². The molecular weight excluding hydrogens is 226 g/mol. The Balaban J connectivity index is 3.09. The molecule has 1 unspecified atom stereocenters. The Bertz CT molecular complexity index is 353. The molecule has 0 spiro atoms. The number of halogens is 1. The minimum atomic E-state index is 0.0720. The maximum atomic E-state index is 6.13. The zero-order valence-electron chi connectivity index (χ0n) is 9.92. The van der Waals surface area contributed by atoms with Gasteiger partial charge in [0.2, 0.25) is 0 Å². The molecule has 0 fully saturated rings. The van der Waals surface area contributed by atoms with Gasteiger partial charge in [-0.05, 0) is 36.6 Å². The molecule has 0 aromatic heterocycles. The topological polar surface area (TPSA) is 44.5 Å². The van der Waals surface area contributed by atoms with Crippen molar-refractivity contribution in [1.29, 1.82) is 0 Å². The van der Waals surface area contributed by atoms with E-state index >= 15 is 0 Å². The van der Waals surface area contributed by atoms with Gasteiger partial charge < -0.3 is 15.2 Å². The Morgan fingerprint density at radius 3 is 2.56 bits per heavy atom. The van der Waals surface area contributed by atoms with E-state index in [0.717, 1.165) is 17.5 Å². The molecule has 1 aromatic rings. The lowest BCUT2D eigenvalue weighted by Crippen LogP contribution is -2.18. The van der Waals surface area contributed by atoms with Crippen molar-refractivity contribution in [2.45, 2.75) is 26.0 Å². The number of hydrogen-bond donors (Lipinski definition) is 1. The second-order valence-corrected chi connectivity index (χ2v) is 4.29. The van der Waals surface area contributed by atoms with E-state index < -0.39 is 0 Å². The lowest BCUT2D eigenvalue weighted by molar-refractivity contribution is 0.184. The quantitative estimate of drug-likeness (QED) is 0.864. The highest BCUT2D eigenvalue weighted by Gasteiger charge is 2.11. The molecule has 0 bridgehead atoms. The van der Waals surface area contributed by atoms with Gasteiger partial charge in [-0.2, -0.15) is 0 Å². The van der Waals surface area contributed by atoms with Gasteiger partial charge in [-0.1, -0.05) is 11.6 Å². The van der Waals surface area contributed by atoms with Crippen LogP contribution in [0.3, 0.4) is 0 Å². The van der Waals surface area contributed by atoms with Crippen LogP contribution in [0.1, 0.15) is 18.1 Å². The van der Waals surface area contributed by atoms with Crippen LogP contribution in [0.4, 0.5) is 0 Å². The van der Waals surface area contributed by atoms with E-state index in [-0.39, 0.29) is 6.04 Å². The first kappa shape index (κ1) is 13.3. The van der Waals surface area contributed by atoms with E-state index in [1.807, 2.05) is 19.1 Å². The van der Waals surface area contributed by atoms with Crippen LogP contribution in [-0.4, -0.2) is 20.3 Å². The number of hydrogen-bond acceptors (Lipinski definition) is 3. The molecule has 2 N–H and O–H groups in total. The molecule has 0 aliphatic heterocycles. The van der Waals surface area contributed by atoms with Gasteiger partial charge in [0.05, 0.1) is 18.7 Å². The highest BCUT2D eigenvalue weighted by Crippen LogP contribution is 2.31. The number of ether oxygens (including phenoxy) is 2. The summed E-state index contributed by atoms with van der Waals surface area (Å²) >= 11 is 6.13. The molecule has 1 aromatic carbocycles. The van der Waals surface area contributed by atoms with E-state index in [0.29, 0.717) is 17.4 Å². The fourth-order valence-electron chi connectivity index (χ4n) is 1.69. The molecule has 0 radical (unpaired) electrons. The largest absolute Gasteiger partial charge is 0.495 e. The summed E-state index contributed by atoms with van der Waals surface area (Å²) in [5.74, 6) is 0.707. The Labute approximate surface area is 101 Å². The summed E-state index contributed by atoms with van der Waals surface area (Å²) in [6.07, 6.45) is 0.737. The molecular formula is C12H18ClNO2. The summed E-state index contributed by atoms with van der Waals surface area (Å²) in [6, 6.07) is 3.95. The smallest absolute Gasteiger partial charge is 0.140 e. The molecule has 3 nitrogen and oxygen atoms in total. The van der Waals surface area contributed by atoms with Crippen LogP contribution in [0.5, 0.6) is 5.75 Å². The number of benzene rings is 1. The highest BCUT2D eigenvalue weighted by atomic mass is 35.5. The van der Waals surface area contributed by atoms with E-state index in [1.54, 1.807) is 14.2 Å². The van der Waals surface area contributed by atoms with Crippen molar-refractivity contribution >= 4 is 11.6 Å². The van der Waals surface area contributed by atoms with Gasteiger partial charge in [0.15, 0.2) is 0 Å². The van der Waals surface area contributed by atoms with Crippen LogP contribution in [0.2, 0.25) is 5.02 Å². The van der Waals surface area contributed by atoms with Crippen molar-refractivity contribution in [1.82, 2.24) is 0 Å². The zero-order valence-corrected chi connectivity index (χ0v) is 10.7. The number of methoxy groups -OCH3 is 2. The molecule has 4 heteroatoms. The monoisotopic (exact) mass is 243 g/mol. The maximum Gasteiger partial charge on any atom is 0.140 e. The average Bonchev–Trinajstić information content (AvgIpc) is 2.16. The average molecular weight is 244 g/mol. The minimum absolute atomic E-state index is 0.0720. The molecule has 90 valence electrons. The van der Waals surface area contributed by atoms with Gasteiger partial charge in [0, 0.05) is 13.2 Å². The third-order valence-electron chi connectivity index (χ3n) is 2.24.